The minimum absolute atomic E-state index is 0.382. The van der Waals surface area contributed by atoms with E-state index in [9.17, 15) is 0 Å². The number of rotatable bonds is 5. The lowest BCUT2D eigenvalue weighted by atomic mass is 9.78. The number of anilines is 1. The van der Waals surface area contributed by atoms with Crippen LogP contribution in [0.4, 0.5) is 5.82 Å². The molecule has 4 nitrogen and oxygen atoms in total. The zero-order chi connectivity index (χ0) is 14.5. The van der Waals surface area contributed by atoms with Gasteiger partial charge in [-0.1, -0.05) is 38.3 Å². The second kappa shape index (κ2) is 7.23. The smallest absolute Gasteiger partial charge is 0.158 e. The molecule has 112 valence electrons. The first-order valence-corrected chi connectivity index (χ1v) is 7.77. The average Bonchev–Trinajstić information content (AvgIpc) is 2.38. The second-order valence-corrected chi connectivity index (χ2v) is 6.26. The molecule has 0 aromatic carbocycles. The van der Waals surface area contributed by atoms with Crippen LogP contribution >= 0.6 is 11.6 Å². The number of hydrogen-bond acceptors (Lipinski definition) is 4. The highest BCUT2D eigenvalue weighted by atomic mass is 35.5. The van der Waals surface area contributed by atoms with Crippen molar-refractivity contribution in [1.82, 2.24) is 9.97 Å². The molecule has 0 bridgehead atoms. The van der Waals surface area contributed by atoms with Gasteiger partial charge in [-0.15, -0.1) is 0 Å². The van der Waals surface area contributed by atoms with E-state index in [1.165, 1.54) is 25.7 Å². The van der Waals surface area contributed by atoms with E-state index in [1.807, 2.05) is 0 Å². The van der Waals surface area contributed by atoms with Crippen LogP contribution in [-0.2, 0) is 11.3 Å². The predicted molar refractivity (Wildman–Crippen MR) is 82.0 cm³/mol. The van der Waals surface area contributed by atoms with Crippen molar-refractivity contribution in [2.75, 3.05) is 12.4 Å². The lowest BCUT2D eigenvalue weighted by molar-refractivity contribution is 0.178. The first-order valence-electron chi connectivity index (χ1n) is 7.39. The van der Waals surface area contributed by atoms with Gasteiger partial charge < -0.3 is 10.1 Å². The van der Waals surface area contributed by atoms with Crippen molar-refractivity contribution in [1.29, 1.82) is 0 Å². The summed E-state index contributed by atoms with van der Waals surface area (Å²) in [6.07, 6.45) is 5.11. The molecular formula is C15H24ClN3O. The third-order valence-corrected chi connectivity index (χ3v) is 4.22. The summed E-state index contributed by atoms with van der Waals surface area (Å²) in [5.41, 5.74) is 0. The summed E-state index contributed by atoms with van der Waals surface area (Å²) in [6, 6.07) is 2.28. The summed E-state index contributed by atoms with van der Waals surface area (Å²) < 4.78 is 5.08. The zero-order valence-corrected chi connectivity index (χ0v) is 13.3. The van der Waals surface area contributed by atoms with Crippen molar-refractivity contribution in [2.24, 2.45) is 11.8 Å². The zero-order valence-electron chi connectivity index (χ0n) is 12.5. The summed E-state index contributed by atoms with van der Waals surface area (Å²) >= 11 is 6.06. The molecule has 0 aliphatic heterocycles. The Morgan fingerprint density at radius 2 is 2.10 bits per heavy atom. The molecule has 0 amide bonds. The SMILES string of the molecule is COCc1nc(Cl)cc(NC2CCCCC2C(C)C)n1. The molecule has 0 radical (unpaired) electrons. The van der Waals surface area contributed by atoms with Crippen molar-refractivity contribution in [3.63, 3.8) is 0 Å². The maximum Gasteiger partial charge on any atom is 0.158 e. The van der Waals surface area contributed by atoms with Gasteiger partial charge in [-0.3, -0.25) is 0 Å². The number of methoxy groups -OCH3 is 1. The van der Waals surface area contributed by atoms with E-state index in [-0.39, 0.29) is 0 Å². The minimum Gasteiger partial charge on any atom is -0.377 e. The molecule has 1 saturated carbocycles. The number of halogens is 1. The maximum absolute atomic E-state index is 6.06. The number of hydrogen-bond donors (Lipinski definition) is 1. The highest BCUT2D eigenvalue weighted by molar-refractivity contribution is 6.29. The molecular weight excluding hydrogens is 274 g/mol. The summed E-state index contributed by atoms with van der Waals surface area (Å²) in [5, 5.41) is 4.03. The molecule has 2 unspecified atom stereocenters. The summed E-state index contributed by atoms with van der Waals surface area (Å²) in [4.78, 5) is 8.64. The molecule has 2 atom stereocenters. The number of nitrogens with zero attached hydrogens (tertiary/aromatic N) is 2. The summed E-state index contributed by atoms with van der Waals surface area (Å²) in [6.45, 7) is 4.98. The molecule has 1 aromatic heterocycles. The molecule has 1 N–H and O–H groups in total. The van der Waals surface area contributed by atoms with Gasteiger partial charge in [0, 0.05) is 19.2 Å². The fourth-order valence-corrected chi connectivity index (χ4v) is 3.26. The van der Waals surface area contributed by atoms with Crippen LogP contribution < -0.4 is 5.32 Å². The van der Waals surface area contributed by atoms with Gasteiger partial charge in [0.25, 0.3) is 0 Å². The molecule has 1 heterocycles. The number of aromatic nitrogens is 2. The highest BCUT2D eigenvalue weighted by Gasteiger charge is 2.27. The van der Waals surface area contributed by atoms with E-state index < -0.39 is 0 Å². The molecule has 2 rings (SSSR count). The maximum atomic E-state index is 6.06. The van der Waals surface area contributed by atoms with Crippen LogP contribution in [0.1, 0.15) is 45.4 Å². The molecule has 1 aromatic rings. The standard InChI is InChI=1S/C15H24ClN3O/c1-10(2)11-6-4-5-7-12(11)17-14-8-13(16)18-15(19-14)9-20-3/h8,10-12H,4-7,9H2,1-3H3,(H,17,18,19). The third kappa shape index (κ3) is 4.06. The number of ether oxygens (including phenoxy) is 1. The van der Waals surface area contributed by atoms with E-state index in [1.54, 1.807) is 13.2 Å². The van der Waals surface area contributed by atoms with Gasteiger partial charge in [-0.25, -0.2) is 9.97 Å². The van der Waals surface area contributed by atoms with Gasteiger partial charge in [0.15, 0.2) is 5.82 Å². The van der Waals surface area contributed by atoms with Crippen LogP contribution in [0.2, 0.25) is 5.15 Å². The van der Waals surface area contributed by atoms with Crippen LogP contribution in [0.3, 0.4) is 0 Å². The summed E-state index contributed by atoms with van der Waals surface area (Å²) in [7, 11) is 1.63. The fraction of sp³-hybridized carbons (Fsp3) is 0.733. The molecule has 20 heavy (non-hydrogen) atoms. The summed E-state index contributed by atoms with van der Waals surface area (Å²) in [5.74, 6) is 2.82. The van der Waals surface area contributed by atoms with Crippen LogP contribution in [-0.4, -0.2) is 23.1 Å². The molecule has 1 fully saturated rings. The third-order valence-electron chi connectivity index (χ3n) is 4.02. The van der Waals surface area contributed by atoms with Crippen molar-refractivity contribution in [3.05, 3.63) is 17.0 Å². The van der Waals surface area contributed by atoms with Gasteiger partial charge >= 0.3 is 0 Å². The second-order valence-electron chi connectivity index (χ2n) is 5.87. The topological polar surface area (TPSA) is 47.0 Å². The van der Waals surface area contributed by atoms with Crippen LogP contribution in [0, 0.1) is 11.8 Å². The Balaban J connectivity index is 2.11. The van der Waals surface area contributed by atoms with Gasteiger partial charge in [0.1, 0.15) is 17.6 Å². The van der Waals surface area contributed by atoms with Gasteiger partial charge in [-0.05, 0) is 24.7 Å². The molecule has 0 spiro atoms. The first kappa shape index (κ1) is 15.5. The van der Waals surface area contributed by atoms with E-state index in [0.29, 0.717) is 35.5 Å². The molecule has 5 heteroatoms. The Kier molecular flexibility index (Phi) is 5.61. The lowest BCUT2D eigenvalue weighted by Crippen LogP contribution is -2.35. The Morgan fingerprint density at radius 1 is 1.35 bits per heavy atom. The Bertz CT molecular complexity index is 439. The average molecular weight is 298 g/mol. The van der Waals surface area contributed by atoms with Gasteiger partial charge in [0.05, 0.1) is 0 Å². The quantitative estimate of drug-likeness (QED) is 0.837. The van der Waals surface area contributed by atoms with Gasteiger partial charge in [-0.2, -0.15) is 0 Å². The molecule has 0 saturated heterocycles. The fourth-order valence-electron chi connectivity index (χ4n) is 3.06. The largest absolute Gasteiger partial charge is 0.377 e. The Morgan fingerprint density at radius 3 is 2.80 bits per heavy atom. The van der Waals surface area contributed by atoms with Crippen molar-refractivity contribution >= 4 is 17.4 Å². The van der Waals surface area contributed by atoms with Crippen molar-refractivity contribution in [3.8, 4) is 0 Å². The Hall–Kier alpha value is -0.870. The predicted octanol–water partition coefficient (Wildman–Crippen LogP) is 3.90. The van der Waals surface area contributed by atoms with Crippen molar-refractivity contribution < 1.29 is 4.74 Å². The number of nitrogens with one attached hydrogen (secondary N) is 1. The van der Waals surface area contributed by atoms with E-state index in [0.717, 1.165) is 5.82 Å². The Labute approximate surface area is 126 Å². The van der Waals surface area contributed by atoms with E-state index in [2.05, 4.69) is 29.1 Å². The van der Waals surface area contributed by atoms with E-state index >= 15 is 0 Å². The van der Waals surface area contributed by atoms with Crippen LogP contribution in [0.15, 0.2) is 6.07 Å². The monoisotopic (exact) mass is 297 g/mol. The minimum atomic E-state index is 0.382. The van der Waals surface area contributed by atoms with Gasteiger partial charge in [0.2, 0.25) is 0 Å². The van der Waals surface area contributed by atoms with E-state index in [4.69, 9.17) is 16.3 Å². The molecule has 1 aliphatic carbocycles. The van der Waals surface area contributed by atoms with Crippen molar-refractivity contribution in [2.45, 2.75) is 52.2 Å². The normalized spacial score (nSPS) is 23.1. The van der Waals surface area contributed by atoms with Crippen LogP contribution in [0.25, 0.3) is 0 Å². The highest BCUT2D eigenvalue weighted by Crippen LogP contribution is 2.32. The first-order chi connectivity index (χ1) is 9.60. The molecule has 1 aliphatic rings. The van der Waals surface area contributed by atoms with Crippen LogP contribution in [0.5, 0.6) is 0 Å². The lowest BCUT2D eigenvalue weighted by Gasteiger charge is -2.35.